The zero-order chi connectivity index (χ0) is 16.8. The highest BCUT2D eigenvalue weighted by atomic mass is 35.5. The molecule has 0 saturated carbocycles. The van der Waals surface area contributed by atoms with Gasteiger partial charge in [0.2, 0.25) is 0 Å². The lowest BCUT2D eigenvalue weighted by molar-refractivity contribution is 0.627. The Morgan fingerprint density at radius 3 is 2.74 bits per heavy atom. The lowest BCUT2D eigenvalue weighted by atomic mass is 10.2. The van der Waals surface area contributed by atoms with Gasteiger partial charge in [0.15, 0.2) is 5.96 Å². The lowest BCUT2D eigenvalue weighted by Crippen LogP contribution is -2.37. The van der Waals surface area contributed by atoms with E-state index >= 15 is 0 Å². The number of halogens is 2. The second-order valence-corrected chi connectivity index (χ2v) is 6.80. The number of hydrogen-bond donors (Lipinski definition) is 2. The van der Waals surface area contributed by atoms with E-state index in [2.05, 4.69) is 27.5 Å². The number of aryl methyl sites for hydroxylation is 2. The maximum Gasteiger partial charge on any atom is 0.191 e. The molecule has 0 atom stereocenters. The number of nitrogens with one attached hydrogen (secondary N) is 2. The van der Waals surface area contributed by atoms with Crippen molar-refractivity contribution >= 4 is 28.9 Å². The number of guanidine groups is 1. The topological polar surface area (TPSA) is 49.3 Å². The third-order valence-corrected chi connectivity index (χ3v) is 4.79. The van der Waals surface area contributed by atoms with Crippen LogP contribution in [0.2, 0.25) is 5.02 Å². The van der Waals surface area contributed by atoms with Gasteiger partial charge < -0.3 is 10.6 Å². The smallest absolute Gasteiger partial charge is 0.191 e. The van der Waals surface area contributed by atoms with E-state index in [1.165, 1.54) is 10.9 Å². The van der Waals surface area contributed by atoms with Crippen LogP contribution in [0.5, 0.6) is 0 Å². The van der Waals surface area contributed by atoms with Gasteiger partial charge in [-0.15, -0.1) is 11.3 Å². The van der Waals surface area contributed by atoms with Gasteiger partial charge in [0.1, 0.15) is 5.82 Å². The molecule has 0 bridgehead atoms. The van der Waals surface area contributed by atoms with E-state index in [1.54, 1.807) is 30.5 Å². The minimum atomic E-state index is -0.410. The molecule has 0 saturated heterocycles. The number of aliphatic imine (C=N–C) groups is 1. The SMILES string of the molecule is CN=C(NCCc1nc(C)c(C)s1)NCc1ccc(F)c(Cl)c1. The fraction of sp³-hybridized carbons (Fsp3) is 0.375. The van der Waals surface area contributed by atoms with E-state index in [4.69, 9.17) is 11.6 Å². The summed E-state index contributed by atoms with van der Waals surface area (Å²) in [5.74, 6) is 0.280. The summed E-state index contributed by atoms with van der Waals surface area (Å²) in [6.07, 6.45) is 0.850. The van der Waals surface area contributed by atoms with E-state index in [1.807, 2.05) is 6.92 Å². The van der Waals surface area contributed by atoms with Gasteiger partial charge in [0.05, 0.1) is 15.7 Å². The van der Waals surface area contributed by atoms with Crippen molar-refractivity contribution < 1.29 is 4.39 Å². The number of nitrogens with zero attached hydrogens (tertiary/aromatic N) is 2. The number of thiazole rings is 1. The zero-order valence-corrected chi connectivity index (χ0v) is 15.0. The highest BCUT2D eigenvalue weighted by molar-refractivity contribution is 7.11. The first-order valence-corrected chi connectivity index (χ1v) is 8.50. The van der Waals surface area contributed by atoms with Crippen LogP contribution in [0.1, 0.15) is 21.1 Å². The highest BCUT2D eigenvalue weighted by Crippen LogP contribution is 2.17. The molecule has 7 heteroatoms. The van der Waals surface area contributed by atoms with Crippen molar-refractivity contribution in [2.75, 3.05) is 13.6 Å². The molecule has 1 aromatic heterocycles. The molecule has 0 aliphatic heterocycles. The summed E-state index contributed by atoms with van der Waals surface area (Å²) in [4.78, 5) is 9.94. The van der Waals surface area contributed by atoms with Crippen molar-refractivity contribution in [3.8, 4) is 0 Å². The van der Waals surface area contributed by atoms with E-state index in [-0.39, 0.29) is 5.02 Å². The summed E-state index contributed by atoms with van der Waals surface area (Å²) in [6, 6.07) is 4.67. The fourth-order valence-corrected chi connectivity index (χ4v) is 3.13. The molecule has 0 amide bonds. The quantitative estimate of drug-likeness (QED) is 0.638. The first-order valence-electron chi connectivity index (χ1n) is 7.31. The Morgan fingerprint density at radius 1 is 1.35 bits per heavy atom. The molecule has 124 valence electrons. The monoisotopic (exact) mass is 354 g/mol. The molecule has 1 heterocycles. The number of aromatic nitrogens is 1. The highest BCUT2D eigenvalue weighted by Gasteiger charge is 2.05. The van der Waals surface area contributed by atoms with Gasteiger partial charge in [-0.25, -0.2) is 9.37 Å². The largest absolute Gasteiger partial charge is 0.356 e. The summed E-state index contributed by atoms with van der Waals surface area (Å²) in [5, 5.41) is 7.66. The molecule has 2 rings (SSSR count). The molecule has 2 N–H and O–H groups in total. The van der Waals surface area contributed by atoms with Crippen LogP contribution < -0.4 is 10.6 Å². The summed E-state index contributed by atoms with van der Waals surface area (Å²) < 4.78 is 13.1. The van der Waals surface area contributed by atoms with Crippen molar-refractivity contribution in [1.29, 1.82) is 0 Å². The Bertz CT molecular complexity index is 680. The molecule has 0 radical (unpaired) electrons. The van der Waals surface area contributed by atoms with Gasteiger partial charge in [0.25, 0.3) is 0 Å². The third kappa shape index (κ3) is 5.18. The molecular formula is C16H20ClFN4S. The Labute approximate surface area is 144 Å². The van der Waals surface area contributed by atoms with Crippen LogP contribution in [0.25, 0.3) is 0 Å². The first-order chi connectivity index (χ1) is 11.0. The normalized spacial score (nSPS) is 11.6. The molecule has 0 aliphatic rings. The first kappa shape index (κ1) is 17.7. The number of rotatable bonds is 5. The molecule has 0 unspecified atom stereocenters. The molecule has 2 aromatic rings. The van der Waals surface area contributed by atoms with E-state index in [0.29, 0.717) is 12.5 Å². The molecular weight excluding hydrogens is 335 g/mol. The summed E-state index contributed by atoms with van der Waals surface area (Å²) in [7, 11) is 1.71. The predicted molar refractivity (Wildman–Crippen MR) is 94.9 cm³/mol. The average Bonchev–Trinajstić information content (AvgIpc) is 2.84. The Morgan fingerprint density at radius 2 is 2.13 bits per heavy atom. The molecule has 0 aliphatic carbocycles. The van der Waals surface area contributed by atoms with E-state index in [9.17, 15) is 4.39 Å². The van der Waals surface area contributed by atoms with Crippen molar-refractivity contribution in [3.63, 3.8) is 0 Å². The average molecular weight is 355 g/mol. The van der Waals surface area contributed by atoms with Gasteiger partial charge >= 0.3 is 0 Å². The minimum absolute atomic E-state index is 0.127. The molecule has 23 heavy (non-hydrogen) atoms. The summed E-state index contributed by atoms with van der Waals surface area (Å²) in [5.41, 5.74) is 1.99. The van der Waals surface area contributed by atoms with Crippen molar-refractivity contribution in [2.45, 2.75) is 26.8 Å². The van der Waals surface area contributed by atoms with Gasteiger partial charge in [0, 0.05) is 31.4 Å². The van der Waals surface area contributed by atoms with E-state index < -0.39 is 5.82 Å². The van der Waals surface area contributed by atoms with Crippen molar-refractivity contribution in [2.24, 2.45) is 4.99 Å². The van der Waals surface area contributed by atoms with Crippen molar-refractivity contribution in [3.05, 3.63) is 50.2 Å². The van der Waals surface area contributed by atoms with Crippen LogP contribution >= 0.6 is 22.9 Å². The van der Waals surface area contributed by atoms with Gasteiger partial charge in [-0.05, 0) is 31.5 Å². The second kappa shape index (κ2) is 8.26. The van der Waals surface area contributed by atoms with Crippen molar-refractivity contribution in [1.82, 2.24) is 15.6 Å². The maximum absolute atomic E-state index is 13.1. The molecule has 0 fully saturated rings. The van der Waals surface area contributed by atoms with Crippen LogP contribution in [-0.2, 0) is 13.0 Å². The van der Waals surface area contributed by atoms with Crippen LogP contribution in [0.15, 0.2) is 23.2 Å². The zero-order valence-electron chi connectivity index (χ0n) is 13.4. The van der Waals surface area contributed by atoms with Gasteiger partial charge in [-0.2, -0.15) is 0 Å². The minimum Gasteiger partial charge on any atom is -0.356 e. The van der Waals surface area contributed by atoms with Crippen LogP contribution in [-0.4, -0.2) is 24.5 Å². The predicted octanol–water partition coefficient (Wildman–Crippen LogP) is 3.46. The second-order valence-electron chi connectivity index (χ2n) is 5.10. The fourth-order valence-electron chi connectivity index (χ4n) is 1.99. The Balaban J connectivity index is 1.80. The van der Waals surface area contributed by atoms with Crippen LogP contribution in [0.4, 0.5) is 4.39 Å². The Hall–Kier alpha value is -1.66. The molecule has 0 spiro atoms. The number of benzene rings is 1. The maximum atomic E-state index is 13.1. The van der Waals surface area contributed by atoms with Crippen LogP contribution in [0, 0.1) is 19.7 Å². The summed E-state index contributed by atoms with van der Waals surface area (Å²) in [6.45, 7) is 5.38. The summed E-state index contributed by atoms with van der Waals surface area (Å²) >= 11 is 7.50. The standard InChI is InChI=1S/C16H20ClFN4S/c1-10-11(2)23-15(22-10)6-7-20-16(19-3)21-9-12-4-5-14(18)13(17)8-12/h4-5,8H,6-7,9H2,1-3H3,(H2,19,20,21). The van der Waals surface area contributed by atoms with Crippen LogP contribution in [0.3, 0.4) is 0 Å². The third-order valence-electron chi connectivity index (χ3n) is 3.37. The number of hydrogen-bond acceptors (Lipinski definition) is 3. The molecule has 4 nitrogen and oxygen atoms in total. The van der Waals surface area contributed by atoms with Gasteiger partial charge in [-0.1, -0.05) is 17.7 Å². The van der Waals surface area contributed by atoms with E-state index in [0.717, 1.165) is 29.2 Å². The van der Waals surface area contributed by atoms with Gasteiger partial charge in [-0.3, -0.25) is 4.99 Å². The molecule has 1 aromatic carbocycles. The Kier molecular flexibility index (Phi) is 6.36. The lowest BCUT2D eigenvalue weighted by Gasteiger charge is -2.11.